The third kappa shape index (κ3) is 1.96. The largest absolute Gasteiger partial charge is 0.396 e. The van der Waals surface area contributed by atoms with Gasteiger partial charge in [0, 0.05) is 29.1 Å². The van der Waals surface area contributed by atoms with Crippen LogP contribution in [0.3, 0.4) is 0 Å². The molecule has 3 unspecified atom stereocenters. The van der Waals surface area contributed by atoms with Crippen LogP contribution in [-0.2, 0) is 10.3 Å². The lowest BCUT2D eigenvalue weighted by molar-refractivity contribution is 0.159. The Morgan fingerprint density at radius 1 is 1.58 bits per heavy atom. The zero-order valence-electron chi connectivity index (χ0n) is 11.3. The highest BCUT2D eigenvalue weighted by molar-refractivity contribution is 6.31. The van der Waals surface area contributed by atoms with Gasteiger partial charge in [-0.1, -0.05) is 28.9 Å². The Morgan fingerprint density at radius 2 is 2.42 bits per heavy atom. The van der Waals surface area contributed by atoms with Gasteiger partial charge in [-0.05, 0) is 43.5 Å². The van der Waals surface area contributed by atoms with Crippen LogP contribution in [0.25, 0.3) is 0 Å². The predicted octanol–water partition coefficient (Wildman–Crippen LogP) is 2.76. The van der Waals surface area contributed by atoms with E-state index in [1.54, 1.807) is 0 Å². The van der Waals surface area contributed by atoms with Gasteiger partial charge >= 0.3 is 0 Å². The molecule has 1 aliphatic carbocycles. The number of halogens is 1. The number of hydrogen-bond acceptors (Lipinski definition) is 3. The van der Waals surface area contributed by atoms with E-state index in [0.717, 1.165) is 23.7 Å². The number of nitrogens with zero attached hydrogens (tertiary/aromatic N) is 1. The van der Waals surface area contributed by atoms with Gasteiger partial charge < -0.3 is 10.2 Å². The molecule has 3 rings (SSSR count). The molecule has 1 heterocycles. The lowest BCUT2D eigenvalue weighted by Crippen LogP contribution is -2.24. The maximum absolute atomic E-state index is 6.27. The van der Waals surface area contributed by atoms with E-state index in [4.69, 9.17) is 16.4 Å². The van der Waals surface area contributed by atoms with Crippen molar-refractivity contribution < 1.29 is 4.84 Å². The minimum Gasteiger partial charge on any atom is -0.396 e. The normalized spacial score (nSPS) is 32.6. The smallest absolute Gasteiger partial charge is 0.114 e. The van der Waals surface area contributed by atoms with E-state index >= 15 is 0 Å². The maximum atomic E-state index is 6.27. The second-order valence-corrected chi connectivity index (χ2v) is 5.85. The summed E-state index contributed by atoms with van der Waals surface area (Å²) in [5.74, 6) is 1.09. The van der Waals surface area contributed by atoms with E-state index in [2.05, 4.69) is 28.7 Å². The number of benzene rings is 1. The first kappa shape index (κ1) is 12.9. The third-order valence-corrected chi connectivity index (χ3v) is 4.90. The molecule has 1 aromatic rings. The van der Waals surface area contributed by atoms with Gasteiger partial charge in [-0.15, -0.1) is 0 Å². The number of hydrogen-bond donors (Lipinski definition) is 1. The molecule has 0 bridgehead atoms. The van der Waals surface area contributed by atoms with Gasteiger partial charge in [0.25, 0.3) is 0 Å². The molecule has 0 amide bonds. The van der Waals surface area contributed by atoms with E-state index in [1.807, 2.05) is 20.1 Å². The monoisotopic (exact) mass is 278 g/mol. The molecule has 2 aliphatic rings. The van der Waals surface area contributed by atoms with Crippen LogP contribution in [0.2, 0.25) is 5.02 Å². The Morgan fingerprint density at radius 3 is 3.16 bits per heavy atom. The number of nitrogens with one attached hydrogen (secondary N) is 1. The Labute approximate surface area is 119 Å². The fourth-order valence-corrected chi connectivity index (χ4v) is 3.53. The van der Waals surface area contributed by atoms with Crippen LogP contribution in [0.5, 0.6) is 0 Å². The van der Waals surface area contributed by atoms with E-state index in [-0.39, 0.29) is 5.41 Å². The summed E-state index contributed by atoms with van der Waals surface area (Å²) in [6.07, 6.45) is 1.97. The summed E-state index contributed by atoms with van der Waals surface area (Å²) in [4.78, 5) is 5.10. The van der Waals surface area contributed by atoms with E-state index in [9.17, 15) is 0 Å². The van der Waals surface area contributed by atoms with Crippen LogP contribution in [-0.4, -0.2) is 25.9 Å². The molecule has 1 saturated heterocycles. The van der Waals surface area contributed by atoms with Gasteiger partial charge in [0.1, 0.15) is 6.61 Å². The molecule has 2 fully saturated rings. The van der Waals surface area contributed by atoms with Crippen molar-refractivity contribution in [1.29, 1.82) is 0 Å². The van der Waals surface area contributed by atoms with Crippen molar-refractivity contribution in [3.8, 4) is 0 Å². The van der Waals surface area contributed by atoms with Crippen LogP contribution in [0.15, 0.2) is 23.4 Å². The van der Waals surface area contributed by atoms with Gasteiger partial charge in [0.05, 0.1) is 0 Å². The molecule has 4 heteroatoms. The average Bonchev–Trinajstić information content (AvgIpc) is 2.81. The van der Waals surface area contributed by atoms with Gasteiger partial charge in [-0.3, -0.25) is 0 Å². The van der Waals surface area contributed by atoms with Crippen molar-refractivity contribution in [2.24, 2.45) is 17.0 Å². The minimum absolute atomic E-state index is 0.179. The number of fused-ring (bicyclic) bond motifs is 1. The Balaban J connectivity index is 1.87. The minimum atomic E-state index is 0.179. The number of piperidine rings is 1. The van der Waals surface area contributed by atoms with Crippen molar-refractivity contribution in [1.82, 2.24) is 5.32 Å². The van der Waals surface area contributed by atoms with E-state index in [0.29, 0.717) is 18.4 Å². The van der Waals surface area contributed by atoms with Gasteiger partial charge in [-0.2, -0.15) is 0 Å². The molecule has 102 valence electrons. The summed E-state index contributed by atoms with van der Waals surface area (Å²) in [5, 5.41) is 8.38. The highest BCUT2D eigenvalue weighted by atomic mass is 35.5. The molecule has 0 radical (unpaired) electrons. The quantitative estimate of drug-likeness (QED) is 0.679. The van der Waals surface area contributed by atoms with E-state index in [1.165, 1.54) is 5.56 Å². The first-order valence-corrected chi connectivity index (χ1v) is 7.20. The van der Waals surface area contributed by atoms with Crippen molar-refractivity contribution >= 4 is 17.8 Å². The predicted molar refractivity (Wildman–Crippen MR) is 77.8 cm³/mol. The summed E-state index contributed by atoms with van der Waals surface area (Å²) in [6.45, 7) is 6.65. The molecule has 0 spiro atoms. The molecular formula is C15H19ClN2O. The summed E-state index contributed by atoms with van der Waals surface area (Å²) >= 11 is 6.27. The molecule has 1 N–H and O–H groups in total. The molecule has 1 aromatic carbocycles. The SMILES string of the molecule is CCON=CC1C2CNCC12c1ccc(C)c(Cl)c1. The highest BCUT2D eigenvalue weighted by Crippen LogP contribution is 2.61. The first-order chi connectivity index (χ1) is 9.20. The first-order valence-electron chi connectivity index (χ1n) is 6.83. The molecule has 1 aliphatic heterocycles. The number of aryl methyl sites for hydroxylation is 1. The third-order valence-electron chi connectivity index (χ3n) is 4.50. The summed E-state index contributed by atoms with van der Waals surface area (Å²) in [5.41, 5.74) is 2.63. The average molecular weight is 279 g/mol. The zero-order valence-corrected chi connectivity index (χ0v) is 12.1. The standard InChI is InChI=1S/C15H19ClN2O/c1-3-19-18-8-13-12-7-17-9-15(12,13)11-5-4-10(2)14(16)6-11/h4-6,8,12-13,17H,3,7,9H2,1-2H3. The van der Waals surface area contributed by atoms with Gasteiger partial charge in [0.15, 0.2) is 0 Å². The molecular weight excluding hydrogens is 260 g/mol. The zero-order chi connectivity index (χ0) is 13.5. The molecule has 1 saturated carbocycles. The second kappa shape index (κ2) is 4.80. The van der Waals surface area contributed by atoms with Crippen molar-refractivity contribution in [3.63, 3.8) is 0 Å². The van der Waals surface area contributed by atoms with Crippen molar-refractivity contribution in [2.45, 2.75) is 19.3 Å². The molecule has 3 nitrogen and oxygen atoms in total. The topological polar surface area (TPSA) is 33.6 Å². The molecule has 19 heavy (non-hydrogen) atoms. The molecule has 3 atom stereocenters. The fourth-order valence-electron chi connectivity index (χ4n) is 3.35. The Bertz CT molecular complexity index is 517. The fraction of sp³-hybridized carbons (Fsp3) is 0.533. The second-order valence-electron chi connectivity index (χ2n) is 5.44. The summed E-state index contributed by atoms with van der Waals surface area (Å²) in [6, 6.07) is 6.43. The molecule has 0 aromatic heterocycles. The Kier molecular flexibility index (Phi) is 3.27. The van der Waals surface area contributed by atoms with Crippen LogP contribution < -0.4 is 5.32 Å². The van der Waals surface area contributed by atoms with Crippen molar-refractivity contribution in [2.75, 3.05) is 19.7 Å². The Hall–Kier alpha value is -1.06. The van der Waals surface area contributed by atoms with Gasteiger partial charge in [0.2, 0.25) is 0 Å². The number of oxime groups is 1. The lowest BCUT2D eigenvalue weighted by atomic mass is 9.92. The van der Waals surface area contributed by atoms with Crippen LogP contribution in [0.1, 0.15) is 18.1 Å². The van der Waals surface area contributed by atoms with E-state index < -0.39 is 0 Å². The maximum Gasteiger partial charge on any atom is 0.114 e. The van der Waals surface area contributed by atoms with Gasteiger partial charge in [-0.25, -0.2) is 0 Å². The summed E-state index contributed by atoms with van der Waals surface area (Å²) in [7, 11) is 0. The summed E-state index contributed by atoms with van der Waals surface area (Å²) < 4.78 is 0. The van der Waals surface area contributed by atoms with Crippen LogP contribution in [0.4, 0.5) is 0 Å². The highest BCUT2D eigenvalue weighted by Gasteiger charge is 2.67. The lowest BCUT2D eigenvalue weighted by Gasteiger charge is -2.15. The number of rotatable bonds is 4. The van der Waals surface area contributed by atoms with Crippen LogP contribution >= 0.6 is 11.6 Å². The van der Waals surface area contributed by atoms with Crippen LogP contribution in [0, 0.1) is 18.8 Å². The van der Waals surface area contributed by atoms with Crippen molar-refractivity contribution in [3.05, 3.63) is 34.3 Å².